The van der Waals surface area contributed by atoms with Crippen LogP contribution in [0.5, 0.6) is 0 Å². The van der Waals surface area contributed by atoms with Crippen molar-refractivity contribution in [3.63, 3.8) is 0 Å². The molecular formula is C32H36Cl3N3O4S. The highest BCUT2D eigenvalue weighted by atomic mass is 35.5. The van der Waals surface area contributed by atoms with Crippen molar-refractivity contribution in [2.45, 2.75) is 76.4 Å². The summed E-state index contributed by atoms with van der Waals surface area (Å²) in [5.74, 6) is -0.888. The minimum Gasteiger partial charge on any atom is -0.352 e. The number of carbonyl (C=O) groups is 2. The van der Waals surface area contributed by atoms with E-state index in [0.717, 1.165) is 47.5 Å². The second-order valence-corrected chi connectivity index (χ2v) is 14.1. The van der Waals surface area contributed by atoms with Gasteiger partial charge in [0.05, 0.1) is 10.6 Å². The molecule has 4 rings (SSSR count). The summed E-state index contributed by atoms with van der Waals surface area (Å²) in [5, 5.41) is 4.21. The molecule has 0 bridgehead atoms. The first-order valence-electron chi connectivity index (χ1n) is 14.3. The third kappa shape index (κ3) is 8.24. The molecule has 0 radical (unpaired) electrons. The van der Waals surface area contributed by atoms with E-state index in [0.29, 0.717) is 20.6 Å². The average Bonchev–Trinajstić information content (AvgIpc) is 2.97. The number of rotatable bonds is 10. The van der Waals surface area contributed by atoms with Crippen LogP contribution in [0.4, 0.5) is 5.69 Å². The Labute approximate surface area is 269 Å². The molecule has 230 valence electrons. The Morgan fingerprint density at radius 3 is 2.21 bits per heavy atom. The molecule has 0 aromatic heterocycles. The van der Waals surface area contributed by atoms with Crippen molar-refractivity contribution in [2.75, 3.05) is 10.8 Å². The number of hydrogen-bond acceptors (Lipinski definition) is 4. The predicted octanol–water partition coefficient (Wildman–Crippen LogP) is 7.33. The second-order valence-electron chi connectivity index (χ2n) is 11.0. The fourth-order valence-electron chi connectivity index (χ4n) is 5.09. The fraction of sp³-hybridized carbons (Fsp3) is 0.375. The highest BCUT2D eigenvalue weighted by molar-refractivity contribution is 7.92. The van der Waals surface area contributed by atoms with Gasteiger partial charge in [-0.1, -0.05) is 83.9 Å². The van der Waals surface area contributed by atoms with Crippen LogP contribution in [-0.4, -0.2) is 43.8 Å². The molecule has 0 saturated heterocycles. The van der Waals surface area contributed by atoms with E-state index in [1.165, 1.54) is 23.1 Å². The minimum atomic E-state index is -4.20. The molecule has 1 aliphatic carbocycles. The van der Waals surface area contributed by atoms with Crippen LogP contribution in [0, 0.1) is 13.8 Å². The summed E-state index contributed by atoms with van der Waals surface area (Å²) in [6.07, 6.45) is 4.97. The highest BCUT2D eigenvalue weighted by Gasteiger charge is 2.33. The Kier molecular flexibility index (Phi) is 11.0. The van der Waals surface area contributed by atoms with E-state index in [-0.39, 0.29) is 29.1 Å². The third-order valence-electron chi connectivity index (χ3n) is 7.81. The van der Waals surface area contributed by atoms with Crippen LogP contribution >= 0.6 is 34.8 Å². The number of anilines is 1. The van der Waals surface area contributed by atoms with Gasteiger partial charge in [-0.15, -0.1) is 0 Å². The highest BCUT2D eigenvalue weighted by Crippen LogP contribution is 2.29. The molecule has 3 aromatic rings. The molecule has 11 heteroatoms. The number of nitrogens with zero attached hydrogens (tertiary/aromatic N) is 2. The molecule has 1 aliphatic rings. The number of amides is 2. The largest absolute Gasteiger partial charge is 0.352 e. The van der Waals surface area contributed by atoms with Gasteiger partial charge >= 0.3 is 0 Å². The first kappa shape index (κ1) is 33.1. The first-order valence-corrected chi connectivity index (χ1v) is 16.8. The van der Waals surface area contributed by atoms with E-state index < -0.39 is 28.5 Å². The van der Waals surface area contributed by atoms with Crippen molar-refractivity contribution in [1.29, 1.82) is 0 Å². The van der Waals surface area contributed by atoms with Gasteiger partial charge in [-0.25, -0.2) is 8.42 Å². The maximum atomic E-state index is 14.2. The number of sulfonamides is 1. The van der Waals surface area contributed by atoms with E-state index in [1.54, 1.807) is 56.3 Å². The molecule has 1 atom stereocenters. The maximum Gasteiger partial charge on any atom is 0.264 e. The lowest BCUT2D eigenvalue weighted by Gasteiger charge is -2.33. The van der Waals surface area contributed by atoms with Gasteiger partial charge in [-0.2, -0.15) is 0 Å². The molecule has 7 nitrogen and oxygen atoms in total. The first-order chi connectivity index (χ1) is 20.4. The Hall–Kier alpha value is -2.78. The average molecular weight is 665 g/mol. The summed E-state index contributed by atoms with van der Waals surface area (Å²) in [6, 6.07) is 15.3. The van der Waals surface area contributed by atoms with Gasteiger partial charge in [0.2, 0.25) is 11.8 Å². The number of benzene rings is 3. The summed E-state index contributed by atoms with van der Waals surface area (Å²) in [4.78, 5) is 29.0. The van der Waals surface area contributed by atoms with Crippen LogP contribution in [-0.2, 0) is 26.2 Å². The Morgan fingerprint density at radius 2 is 1.58 bits per heavy atom. The lowest BCUT2D eigenvalue weighted by atomic mass is 9.95. The van der Waals surface area contributed by atoms with Gasteiger partial charge in [0.25, 0.3) is 10.0 Å². The zero-order valence-electron chi connectivity index (χ0n) is 24.4. The van der Waals surface area contributed by atoms with E-state index in [2.05, 4.69) is 5.32 Å². The molecule has 1 N–H and O–H groups in total. The maximum absolute atomic E-state index is 14.2. The van der Waals surface area contributed by atoms with Crippen molar-refractivity contribution in [3.8, 4) is 0 Å². The van der Waals surface area contributed by atoms with E-state index in [9.17, 15) is 18.0 Å². The molecule has 1 saturated carbocycles. The van der Waals surface area contributed by atoms with Gasteiger partial charge < -0.3 is 10.2 Å². The molecule has 0 heterocycles. The molecule has 0 unspecified atom stereocenters. The summed E-state index contributed by atoms with van der Waals surface area (Å²) in [5.41, 5.74) is 2.46. The molecule has 0 aliphatic heterocycles. The zero-order chi connectivity index (χ0) is 31.3. The van der Waals surface area contributed by atoms with Crippen LogP contribution in [0.3, 0.4) is 0 Å². The van der Waals surface area contributed by atoms with Gasteiger partial charge in [0.1, 0.15) is 12.6 Å². The summed E-state index contributed by atoms with van der Waals surface area (Å²) in [6.45, 7) is 4.71. The van der Waals surface area contributed by atoms with Gasteiger partial charge in [0.15, 0.2) is 0 Å². The standard InChI is InChI=1S/C32H36Cl3N3O4S/c1-21-9-15-28(16-10-21)43(41,42)38(27-14-11-22(2)29(34)18-27)20-31(39)37(19-24-12-13-25(33)17-30(24)35)23(3)32(40)36-26-7-5-4-6-8-26/h9-18,23,26H,4-8,19-20H2,1-3H3,(H,36,40)/t23-/m0/s1. The topological polar surface area (TPSA) is 86.8 Å². The molecule has 1 fully saturated rings. The van der Waals surface area contributed by atoms with Crippen molar-refractivity contribution < 1.29 is 18.0 Å². The SMILES string of the molecule is Cc1ccc(S(=O)(=O)N(CC(=O)N(Cc2ccc(Cl)cc2Cl)[C@@H](C)C(=O)NC2CCCCC2)c2ccc(C)c(Cl)c2)cc1. The van der Waals surface area contributed by atoms with E-state index >= 15 is 0 Å². The van der Waals surface area contributed by atoms with E-state index in [1.807, 2.05) is 6.92 Å². The molecule has 2 amide bonds. The number of carbonyl (C=O) groups excluding carboxylic acids is 2. The van der Waals surface area contributed by atoms with Crippen LogP contribution in [0.15, 0.2) is 65.6 Å². The van der Waals surface area contributed by atoms with Crippen LogP contribution in [0.1, 0.15) is 55.7 Å². The Balaban J connectivity index is 1.71. The quantitative estimate of drug-likeness (QED) is 0.246. The van der Waals surface area contributed by atoms with Gasteiger partial charge in [0, 0.05) is 27.7 Å². The van der Waals surface area contributed by atoms with Crippen molar-refractivity contribution in [2.24, 2.45) is 0 Å². The van der Waals surface area contributed by atoms with Crippen molar-refractivity contribution in [1.82, 2.24) is 10.2 Å². The van der Waals surface area contributed by atoms with Crippen LogP contribution in [0.2, 0.25) is 15.1 Å². The number of aryl methyl sites for hydroxylation is 2. The number of nitrogens with one attached hydrogen (secondary N) is 1. The summed E-state index contributed by atoms with van der Waals surface area (Å²) < 4.78 is 29.1. The Bertz CT molecular complexity index is 1580. The predicted molar refractivity (Wildman–Crippen MR) is 173 cm³/mol. The lowest BCUT2D eigenvalue weighted by molar-refractivity contribution is -0.139. The third-order valence-corrected chi connectivity index (χ3v) is 10.6. The Morgan fingerprint density at radius 1 is 0.907 bits per heavy atom. The van der Waals surface area contributed by atoms with Crippen LogP contribution in [0.25, 0.3) is 0 Å². The number of halogens is 3. The summed E-state index contributed by atoms with van der Waals surface area (Å²) >= 11 is 19.0. The normalized spacial score (nSPS) is 14.7. The minimum absolute atomic E-state index is 0.0259. The molecular weight excluding hydrogens is 629 g/mol. The molecule has 43 heavy (non-hydrogen) atoms. The fourth-order valence-corrected chi connectivity index (χ4v) is 7.14. The number of hydrogen-bond donors (Lipinski definition) is 1. The van der Waals surface area contributed by atoms with Crippen molar-refractivity contribution in [3.05, 3.63) is 92.4 Å². The van der Waals surface area contributed by atoms with Gasteiger partial charge in [-0.3, -0.25) is 13.9 Å². The second kappa shape index (κ2) is 14.3. The molecule has 3 aromatic carbocycles. The zero-order valence-corrected chi connectivity index (χ0v) is 27.5. The lowest BCUT2D eigenvalue weighted by Crippen LogP contribution is -2.53. The van der Waals surface area contributed by atoms with Crippen LogP contribution < -0.4 is 9.62 Å². The smallest absolute Gasteiger partial charge is 0.264 e. The molecule has 0 spiro atoms. The summed E-state index contributed by atoms with van der Waals surface area (Å²) in [7, 11) is -4.20. The van der Waals surface area contributed by atoms with Crippen molar-refractivity contribution >= 4 is 62.3 Å². The van der Waals surface area contributed by atoms with E-state index in [4.69, 9.17) is 34.8 Å². The van der Waals surface area contributed by atoms with Gasteiger partial charge in [-0.05, 0) is 81.1 Å². The monoisotopic (exact) mass is 663 g/mol.